The Morgan fingerprint density at radius 3 is 2.50 bits per heavy atom. The maximum atomic E-state index is 11.8. The second-order valence-electron chi connectivity index (χ2n) is 1.70. The van der Waals surface area contributed by atoms with Crippen LogP contribution in [0, 0.1) is 0 Å². The van der Waals surface area contributed by atoms with Gasteiger partial charge >= 0.3 is 0 Å². The van der Waals surface area contributed by atoms with Gasteiger partial charge in [-0.3, -0.25) is 4.98 Å². The lowest BCUT2D eigenvalue weighted by Crippen LogP contribution is -1.87. The van der Waals surface area contributed by atoms with Crippen molar-refractivity contribution in [2.45, 2.75) is 6.43 Å². The molecular formula is C6H4ClF2N. The van der Waals surface area contributed by atoms with Gasteiger partial charge in [0.1, 0.15) is 5.69 Å². The molecule has 0 aliphatic heterocycles. The molecule has 0 fully saturated rings. The molecule has 0 unspecified atom stereocenters. The number of pyridine rings is 1. The summed E-state index contributed by atoms with van der Waals surface area (Å²) in [7, 11) is 0. The largest absolute Gasteiger partial charge is 0.280 e. The van der Waals surface area contributed by atoms with Gasteiger partial charge in [-0.25, -0.2) is 8.78 Å². The van der Waals surface area contributed by atoms with Crippen LogP contribution in [0.1, 0.15) is 12.1 Å². The van der Waals surface area contributed by atoms with Gasteiger partial charge in [0, 0.05) is 6.20 Å². The van der Waals surface area contributed by atoms with E-state index in [0.717, 1.165) is 0 Å². The monoisotopic (exact) mass is 163 g/mol. The molecule has 0 aliphatic rings. The van der Waals surface area contributed by atoms with E-state index in [1.165, 1.54) is 18.3 Å². The molecule has 0 aliphatic carbocycles. The zero-order chi connectivity index (χ0) is 7.56. The fourth-order valence-electron chi connectivity index (χ4n) is 0.516. The molecule has 1 aromatic heterocycles. The first kappa shape index (κ1) is 7.41. The Kier molecular flexibility index (Phi) is 2.17. The van der Waals surface area contributed by atoms with E-state index in [-0.39, 0.29) is 5.69 Å². The Labute approximate surface area is 61.7 Å². The molecule has 0 atom stereocenters. The summed E-state index contributed by atoms with van der Waals surface area (Å²) in [5.74, 6) is 0. The van der Waals surface area contributed by atoms with E-state index in [2.05, 4.69) is 4.98 Å². The van der Waals surface area contributed by atoms with Crippen LogP contribution in [0.3, 0.4) is 0 Å². The van der Waals surface area contributed by atoms with E-state index in [9.17, 15) is 8.78 Å². The summed E-state index contributed by atoms with van der Waals surface area (Å²) in [6.45, 7) is 0. The van der Waals surface area contributed by atoms with Gasteiger partial charge in [-0.1, -0.05) is 11.6 Å². The Morgan fingerprint density at radius 2 is 2.10 bits per heavy atom. The lowest BCUT2D eigenvalue weighted by Gasteiger charge is -1.95. The van der Waals surface area contributed by atoms with Crippen molar-refractivity contribution in [1.29, 1.82) is 0 Å². The first-order chi connectivity index (χ1) is 4.70. The highest BCUT2D eigenvalue weighted by atomic mass is 35.5. The van der Waals surface area contributed by atoms with E-state index in [0.29, 0.717) is 5.02 Å². The minimum Gasteiger partial charge on any atom is -0.254 e. The van der Waals surface area contributed by atoms with Crippen molar-refractivity contribution >= 4 is 11.6 Å². The summed E-state index contributed by atoms with van der Waals surface area (Å²) in [6.07, 6.45) is -1.32. The normalized spacial score (nSPS) is 10.4. The minimum atomic E-state index is -2.52. The van der Waals surface area contributed by atoms with E-state index >= 15 is 0 Å². The van der Waals surface area contributed by atoms with Crippen molar-refractivity contribution in [3.63, 3.8) is 0 Å². The molecule has 0 radical (unpaired) electrons. The van der Waals surface area contributed by atoms with Crippen LogP contribution in [0.5, 0.6) is 0 Å². The predicted molar refractivity (Wildman–Crippen MR) is 34.2 cm³/mol. The van der Waals surface area contributed by atoms with Gasteiger partial charge in [-0.2, -0.15) is 0 Å². The number of halogens is 3. The van der Waals surface area contributed by atoms with Crippen molar-refractivity contribution in [2.24, 2.45) is 0 Å². The van der Waals surface area contributed by atoms with Gasteiger partial charge < -0.3 is 0 Å². The quantitative estimate of drug-likeness (QED) is 0.620. The average molecular weight is 164 g/mol. The predicted octanol–water partition coefficient (Wildman–Crippen LogP) is 2.67. The second kappa shape index (κ2) is 2.92. The third kappa shape index (κ3) is 1.64. The van der Waals surface area contributed by atoms with Gasteiger partial charge in [-0.15, -0.1) is 0 Å². The second-order valence-corrected chi connectivity index (χ2v) is 2.14. The van der Waals surface area contributed by atoms with Crippen molar-refractivity contribution in [3.05, 3.63) is 29.0 Å². The molecule has 0 saturated carbocycles. The molecule has 10 heavy (non-hydrogen) atoms. The van der Waals surface area contributed by atoms with Crippen LogP contribution in [-0.2, 0) is 0 Å². The lowest BCUT2D eigenvalue weighted by atomic mass is 10.4. The maximum absolute atomic E-state index is 11.8. The molecule has 54 valence electrons. The third-order valence-electron chi connectivity index (χ3n) is 0.974. The number of alkyl halides is 2. The summed E-state index contributed by atoms with van der Waals surface area (Å²) in [6, 6.07) is 2.59. The van der Waals surface area contributed by atoms with Crippen molar-refractivity contribution in [3.8, 4) is 0 Å². The van der Waals surface area contributed by atoms with Crippen molar-refractivity contribution in [1.82, 2.24) is 4.98 Å². The first-order valence-corrected chi connectivity index (χ1v) is 2.97. The number of hydrogen-bond acceptors (Lipinski definition) is 1. The number of rotatable bonds is 1. The molecule has 0 aromatic carbocycles. The van der Waals surface area contributed by atoms with Crippen LogP contribution in [0.4, 0.5) is 8.78 Å². The van der Waals surface area contributed by atoms with Crippen molar-refractivity contribution < 1.29 is 8.78 Å². The Balaban J connectivity index is 2.89. The van der Waals surface area contributed by atoms with Crippen LogP contribution >= 0.6 is 11.6 Å². The molecule has 0 N–H and O–H groups in total. The fraction of sp³-hybridized carbons (Fsp3) is 0.167. The van der Waals surface area contributed by atoms with Crippen LogP contribution in [-0.4, -0.2) is 4.98 Å². The van der Waals surface area contributed by atoms with E-state index in [4.69, 9.17) is 11.6 Å². The molecule has 1 heterocycles. The minimum absolute atomic E-state index is 0.246. The summed E-state index contributed by atoms with van der Waals surface area (Å²) in [4.78, 5) is 3.40. The van der Waals surface area contributed by atoms with Crippen LogP contribution < -0.4 is 0 Å². The topological polar surface area (TPSA) is 12.9 Å². The highest BCUT2D eigenvalue weighted by Gasteiger charge is 2.06. The summed E-state index contributed by atoms with van der Waals surface area (Å²) < 4.78 is 23.6. The molecule has 0 spiro atoms. The zero-order valence-corrected chi connectivity index (χ0v) is 5.65. The van der Waals surface area contributed by atoms with Crippen LogP contribution in [0.15, 0.2) is 18.3 Å². The molecule has 1 rings (SSSR count). The van der Waals surface area contributed by atoms with Gasteiger partial charge in [0.2, 0.25) is 0 Å². The molecule has 0 bridgehead atoms. The fourth-order valence-corrected chi connectivity index (χ4v) is 0.628. The average Bonchev–Trinajstić information content (AvgIpc) is 1.88. The Hall–Kier alpha value is -0.700. The van der Waals surface area contributed by atoms with Crippen LogP contribution in [0.2, 0.25) is 5.02 Å². The van der Waals surface area contributed by atoms with Gasteiger partial charge in [0.15, 0.2) is 0 Å². The van der Waals surface area contributed by atoms with E-state index < -0.39 is 6.43 Å². The van der Waals surface area contributed by atoms with Crippen LogP contribution in [0.25, 0.3) is 0 Å². The highest BCUT2D eigenvalue weighted by molar-refractivity contribution is 6.30. The molecule has 1 aromatic rings. The van der Waals surface area contributed by atoms with E-state index in [1.54, 1.807) is 0 Å². The Bertz CT molecular complexity index is 209. The standard InChI is InChI=1S/C6H4ClF2N/c7-4-1-2-5(6(8)9)10-3-4/h1-3,6H. The number of aromatic nitrogens is 1. The summed E-state index contributed by atoms with van der Waals surface area (Å²) in [5, 5.41) is 0.365. The van der Waals surface area contributed by atoms with E-state index in [1.807, 2.05) is 0 Å². The number of nitrogens with zero attached hydrogens (tertiary/aromatic N) is 1. The summed E-state index contributed by atoms with van der Waals surface area (Å²) in [5.41, 5.74) is -0.246. The third-order valence-corrected chi connectivity index (χ3v) is 1.20. The smallest absolute Gasteiger partial charge is 0.254 e. The molecular weight excluding hydrogens is 160 g/mol. The Morgan fingerprint density at radius 1 is 1.40 bits per heavy atom. The maximum Gasteiger partial charge on any atom is 0.280 e. The molecule has 4 heteroatoms. The highest BCUT2D eigenvalue weighted by Crippen LogP contribution is 2.16. The SMILES string of the molecule is FC(F)c1ccc(Cl)cn1. The number of hydrogen-bond donors (Lipinski definition) is 0. The van der Waals surface area contributed by atoms with Crippen molar-refractivity contribution in [2.75, 3.05) is 0 Å². The van der Waals surface area contributed by atoms with Gasteiger partial charge in [0.05, 0.1) is 5.02 Å². The lowest BCUT2D eigenvalue weighted by molar-refractivity contribution is 0.146. The van der Waals surface area contributed by atoms with Gasteiger partial charge in [0.25, 0.3) is 6.43 Å². The summed E-state index contributed by atoms with van der Waals surface area (Å²) >= 11 is 5.41. The first-order valence-electron chi connectivity index (χ1n) is 2.60. The zero-order valence-electron chi connectivity index (χ0n) is 4.89. The molecule has 0 amide bonds. The van der Waals surface area contributed by atoms with Gasteiger partial charge in [-0.05, 0) is 12.1 Å². The molecule has 0 saturated heterocycles. The molecule has 1 nitrogen and oxygen atoms in total.